The highest BCUT2D eigenvalue weighted by atomic mass is 16.2. The third kappa shape index (κ3) is 2.49. The number of amides is 1. The first-order valence-corrected chi connectivity index (χ1v) is 7.19. The van der Waals surface area contributed by atoms with Gasteiger partial charge in [0.05, 0.1) is 12.0 Å². The van der Waals surface area contributed by atoms with Gasteiger partial charge in [0.15, 0.2) is 5.82 Å². The maximum atomic E-state index is 12.2. The van der Waals surface area contributed by atoms with E-state index < -0.39 is 0 Å². The first-order valence-electron chi connectivity index (χ1n) is 7.19. The van der Waals surface area contributed by atoms with Crippen LogP contribution in [0.1, 0.15) is 43.9 Å². The van der Waals surface area contributed by atoms with Gasteiger partial charge >= 0.3 is 0 Å². The van der Waals surface area contributed by atoms with E-state index in [4.69, 9.17) is 0 Å². The fraction of sp³-hybridized carbons (Fsp3) is 0.769. The number of aromatic nitrogens is 3. The predicted molar refractivity (Wildman–Crippen MR) is 70.5 cm³/mol. The lowest BCUT2D eigenvalue weighted by Crippen LogP contribution is -2.41. The standard InChI is InChI=1S/C13H21N5O/c1-9(12-17-16-11-5-3-7-18(11)12)15-13(19)10-4-2-6-14-8-10/h9-10,14H,2-8H2,1H3,(H,15,19). The number of hydrogen-bond acceptors (Lipinski definition) is 4. The molecule has 6 nitrogen and oxygen atoms in total. The topological polar surface area (TPSA) is 71.8 Å². The summed E-state index contributed by atoms with van der Waals surface area (Å²) in [6, 6.07) is -0.0613. The highest BCUT2D eigenvalue weighted by Crippen LogP contribution is 2.19. The van der Waals surface area contributed by atoms with Gasteiger partial charge in [-0.1, -0.05) is 0 Å². The van der Waals surface area contributed by atoms with Crippen LogP contribution in [0.2, 0.25) is 0 Å². The van der Waals surface area contributed by atoms with E-state index in [9.17, 15) is 4.79 Å². The van der Waals surface area contributed by atoms with Gasteiger partial charge in [-0.3, -0.25) is 4.79 Å². The van der Waals surface area contributed by atoms with Crippen molar-refractivity contribution in [3.63, 3.8) is 0 Å². The Balaban J connectivity index is 1.64. The van der Waals surface area contributed by atoms with E-state index in [2.05, 4.69) is 25.4 Å². The average Bonchev–Trinajstić information content (AvgIpc) is 3.01. The van der Waals surface area contributed by atoms with E-state index in [1.165, 1.54) is 0 Å². The Labute approximate surface area is 113 Å². The fourth-order valence-corrected chi connectivity index (χ4v) is 2.96. The van der Waals surface area contributed by atoms with Gasteiger partial charge in [-0.15, -0.1) is 10.2 Å². The molecule has 1 amide bonds. The highest BCUT2D eigenvalue weighted by molar-refractivity contribution is 5.79. The van der Waals surface area contributed by atoms with Crippen molar-refractivity contribution in [2.24, 2.45) is 5.92 Å². The zero-order chi connectivity index (χ0) is 13.2. The number of nitrogens with one attached hydrogen (secondary N) is 2. The molecule has 1 aromatic heterocycles. The molecule has 2 aliphatic rings. The monoisotopic (exact) mass is 263 g/mol. The molecule has 0 bridgehead atoms. The number of fused-ring (bicyclic) bond motifs is 1. The van der Waals surface area contributed by atoms with Crippen LogP contribution in [-0.4, -0.2) is 33.8 Å². The SMILES string of the molecule is CC(NC(=O)C1CCCNC1)c1nnc2n1CCC2. The van der Waals surface area contributed by atoms with Gasteiger partial charge in [-0.25, -0.2) is 0 Å². The minimum atomic E-state index is -0.0613. The summed E-state index contributed by atoms with van der Waals surface area (Å²) >= 11 is 0. The van der Waals surface area contributed by atoms with E-state index >= 15 is 0 Å². The van der Waals surface area contributed by atoms with Crippen molar-refractivity contribution in [2.75, 3.05) is 13.1 Å². The first kappa shape index (κ1) is 12.6. The molecule has 0 saturated carbocycles. The van der Waals surface area contributed by atoms with Crippen LogP contribution < -0.4 is 10.6 Å². The molecular formula is C13H21N5O. The number of carbonyl (C=O) groups excluding carboxylic acids is 1. The normalized spacial score (nSPS) is 23.9. The van der Waals surface area contributed by atoms with Crippen LogP contribution in [0.25, 0.3) is 0 Å². The van der Waals surface area contributed by atoms with Crippen molar-refractivity contribution in [2.45, 2.75) is 45.2 Å². The maximum Gasteiger partial charge on any atom is 0.224 e. The summed E-state index contributed by atoms with van der Waals surface area (Å²) < 4.78 is 2.14. The molecule has 0 aromatic carbocycles. The van der Waals surface area contributed by atoms with Crippen molar-refractivity contribution in [1.82, 2.24) is 25.4 Å². The summed E-state index contributed by atoms with van der Waals surface area (Å²) in [6.07, 6.45) is 4.18. The summed E-state index contributed by atoms with van der Waals surface area (Å²) in [5.41, 5.74) is 0. The van der Waals surface area contributed by atoms with Gasteiger partial charge in [0.1, 0.15) is 5.82 Å². The van der Waals surface area contributed by atoms with E-state index in [-0.39, 0.29) is 17.9 Å². The van der Waals surface area contributed by atoms with Gasteiger partial charge < -0.3 is 15.2 Å². The molecule has 2 unspecified atom stereocenters. The molecule has 6 heteroatoms. The van der Waals surface area contributed by atoms with E-state index in [0.29, 0.717) is 0 Å². The fourth-order valence-electron chi connectivity index (χ4n) is 2.96. The Morgan fingerprint density at radius 3 is 3.16 bits per heavy atom. The van der Waals surface area contributed by atoms with Crippen molar-refractivity contribution in [1.29, 1.82) is 0 Å². The number of carbonyl (C=O) groups is 1. The lowest BCUT2D eigenvalue weighted by molar-refractivity contribution is -0.126. The lowest BCUT2D eigenvalue weighted by Gasteiger charge is -2.23. The first-order chi connectivity index (χ1) is 9.25. The lowest BCUT2D eigenvalue weighted by atomic mass is 9.98. The average molecular weight is 263 g/mol. The molecule has 3 heterocycles. The predicted octanol–water partition coefficient (Wildman–Crippen LogP) is 0.401. The van der Waals surface area contributed by atoms with Gasteiger partial charge in [0.25, 0.3) is 0 Å². The van der Waals surface area contributed by atoms with Crippen LogP contribution in [0.3, 0.4) is 0 Å². The molecule has 0 spiro atoms. The Bertz CT molecular complexity index is 464. The Morgan fingerprint density at radius 1 is 1.47 bits per heavy atom. The molecular weight excluding hydrogens is 242 g/mol. The molecule has 3 rings (SSSR count). The smallest absolute Gasteiger partial charge is 0.224 e. The largest absolute Gasteiger partial charge is 0.346 e. The molecule has 0 radical (unpaired) electrons. The second kappa shape index (κ2) is 5.28. The number of piperidine rings is 1. The van der Waals surface area contributed by atoms with E-state index in [1.807, 2.05) is 6.92 Å². The quantitative estimate of drug-likeness (QED) is 0.828. The van der Waals surface area contributed by atoms with Crippen LogP contribution in [0.4, 0.5) is 0 Å². The molecule has 1 aromatic rings. The van der Waals surface area contributed by atoms with Crippen LogP contribution in [0.5, 0.6) is 0 Å². The van der Waals surface area contributed by atoms with Crippen LogP contribution in [0, 0.1) is 5.92 Å². The number of hydrogen-bond donors (Lipinski definition) is 2. The molecule has 19 heavy (non-hydrogen) atoms. The molecule has 2 N–H and O–H groups in total. The third-order valence-electron chi connectivity index (χ3n) is 4.05. The molecule has 2 atom stereocenters. The number of aryl methyl sites for hydroxylation is 1. The maximum absolute atomic E-state index is 12.2. The second-order valence-corrected chi connectivity index (χ2v) is 5.50. The van der Waals surface area contributed by atoms with Crippen molar-refractivity contribution in [3.8, 4) is 0 Å². The minimum Gasteiger partial charge on any atom is -0.346 e. The van der Waals surface area contributed by atoms with Crippen molar-refractivity contribution in [3.05, 3.63) is 11.6 Å². The summed E-state index contributed by atoms with van der Waals surface area (Å²) in [4.78, 5) is 12.2. The second-order valence-electron chi connectivity index (χ2n) is 5.50. The zero-order valence-electron chi connectivity index (χ0n) is 11.4. The van der Waals surface area contributed by atoms with Crippen LogP contribution in [0.15, 0.2) is 0 Å². The highest BCUT2D eigenvalue weighted by Gasteiger charge is 2.26. The minimum absolute atomic E-state index is 0.0613. The Kier molecular flexibility index (Phi) is 3.50. The van der Waals surface area contributed by atoms with Gasteiger partial charge in [0, 0.05) is 19.5 Å². The third-order valence-corrected chi connectivity index (χ3v) is 4.05. The summed E-state index contributed by atoms with van der Waals surface area (Å²) in [6.45, 7) is 4.78. The number of rotatable bonds is 3. The summed E-state index contributed by atoms with van der Waals surface area (Å²) in [5.74, 6) is 2.17. The molecule has 104 valence electrons. The zero-order valence-corrected chi connectivity index (χ0v) is 11.4. The van der Waals surface area contributed by atoms with Gasteiger partial charge in [-0.05, 0) is 32.7 Å². The van der Waals surface area contributed by atoms with Crippen molar-refractivity contribution < 1.29 is 4.79 Å². The van der Waals surface area contributed by atoms with Gasteiger partial charge in [0.2, 0.25) is 5.91 Å². The molecule has 2 aliphatic heterocycles. The van der Waals surface area contributed by atoms with Crippen LogP contribution in [-0.2, 0) is 17.8 Å². The van der Waals surface area contributed by atoms with E-state index in [0.717, 1.165) is 57.0 Å². The molecule has 1 saturated heterocycles. The Hall–Kier alpha value is -1.43. The van der Waals surface area contributed by atoms with Gasteiger partial charge in [-0.2, -0.15) is 0 Å². The number of nitrogens with zero attached hydrogens (tertiary/aromatic N) is 3. The van der Waals surface area contributed by atoms with Crippen LogP contribution >= 0.6 is 0 Å². The Morgan fingerprint density at radius 2 is 2.37 bits per heavy atom. The van der Waals surface area contributed by atoms with E-state index in [1.54, 1.807) is 0 Å². The summed E-state index contributed by atoms with van der Waals surface area (Å²) in [5, 5.41) is 14.8. The molecule has 0 aliphatic carbocycles. The van der Waals surface area contributed by atoms with Crippen molar-refractivity contribution >= 4 is 5.91 Å². The summed E-state index contributed by atoms with van der Waals surface area (Å²) in [7, 11) is 0. The molecule has 1 fully saturated rings.